The summed E-state index contributed by atoms with van der Waals surface area (Å²) in [6.45, 7) is 1.01. The number of amides is 1. The summed E-state index contributed by atoms with van der Waals surface area (Å²) >= 11 is 0. The van der Waals surface area contributed by atoms with E-state index < -0.39 is 21.4 Å². The van der Waals surface area contributed by atoms with E-state index in [2.05, 4.69) is 0 Å². The molecule has 0 spiro atoms. The number of benzene rings is 1. The smallest absolute Gasteiger partial charge is 0.311 e. The van der Waals surface area contributed by atoms with Crippen LogP contribution >= 0.6 is 0 Å². The number of sulfonamides is 1. The second-order valence-electron chi connectivity index (χ2n) is 8.26. The molecule has 1 saturated carbocycles. The minimum Gasteiger partial charge on any atom is -0.481 e. The van der Waals surface area contributed by atoms with Gasteiger partial charge in [0, 0.05) is 19.6 Å². The third-order valence-corrected chi connectivity index (χ3v) is 8.67. The van der Waals surface area contributed by atoms with Crippen LogP contribution in [0.25, 0.3) is 0 Å². The first-order chi connectivity index (χ1) is 12.8. The fraction of sp³-hybridized carbons (Fsp3) is 0.579. The Kier molecular flexibility index (Phi) is 3.53. The van der Waals surface area contributed by atoms with Crippen molar-refractivity contribution in [1.82, 2.24) is 4.31 Å². The van der Waals surface area contributed by atoms with Crippen LogP contribution in [0.2, 0.25) is 0 Å². The van der Waals surface area contributed by atoms with Crippen LogP contribution in [0.1, 0.15) is 36.8 Å². The van der Waals surface area contributed by atoms with Gasteiger partial charge in [-0.3, -0.25) is 9.59 Å². The van der Waals surface area contributed by atoms with E-state index in [9.17, 15) is 23.1 Å². The molecule has 0 radical (unpaired) electrons. The van der Waals surface area contributed by atoms with Crippen LogP contribution in [0.15, 0.2) is 17.0 Å². The van der Waals surface area contributed by atoms with E-state index in [1.807, 2.05) is 0 Å². The number of rotatable bonds is 3. The zero-order valence-electron chi connectivity index (χ0n) is 15.0. The maximum Gasteiger partial charge on any atom is 0.311 e. The molecule has 0 aromatic heterocycles. The van der Waals surface area contributed by atoms with Crippen LogP contribution in [0, 0.1) is 11.3 Å². The third-order valence-electron chi connectivity index (χ3n) is 6.88. The van der Waals surface area contributed by atoms with E-state index in [1.54, 1.807) is 17.0 Å². The van der Waals surface area contributed by atoms with Gasteiger partial charge in [-0.25, -0.2) is 8.42 Å². The van der Waals surface area contributed by atoms with Crippen molar-refractivity contribution in [3.63, 3.8) is 0 Å². The average molecular weight is 390 g/mol. The molecule has 0 bridgehead atoms. The quantitative estimate of drug-likeness (QED) is 0.842. The summed E-state index contributed by atoms with van der Waals surface area (Å²) in [5.74, 6) is -0.969. The van der Waals surface area contributed by atoms with Gasteiger partial charge in [0.05, 0.1) is 22.4 Å². The Labute approximate surface area is 158 Å². The van der Waals surface area contributed by atoms with Gasteiger partial charge in [0.15, 0.2) is 0 Å². The molecule has 27 heavy (non-hydrogen) atoms. The Hall–Kier alpha value is -1.93. The molecule has 1 N–H and O–H groups in total. The van der Waals surface area contributed by atoms with Gasteiger partial charge >= 0.3 is 5.97 Å². The van der Waals surface area contributed by atoms with E-state index in [0.29, 0.717) is 13.0 Å². The third kappa shape index (κ3) is 2.26. The minimum atomic E-state index is -3.78. The number of carbonyl (C=O) groups is 2. The monoisotopic (exact) mass is 390 g/mol. The zero-order valence-corrected chi connectivity index (χ0v) is 15.8. The maximum absolute atomic E-state index is 13.3. The van der Waals surface area contributed by atoms with E-state index in [0.717, 1.165) is 42.5 Å². The molecule has 2 atom stereocenters. The van der Waals surface area contributed by atoms with Crippen LogP contribution in [0.3, 0.4) is 0 Å². The van der Waals surface area contributed by atoms with Crippen LogP contribution in [-0.4, -0.2) is 49.3 Å². The first-order valence-electron chi connectivity index (χ1n) is 9.53. The summed E-state index contributed by atoms with van der Waals surface area (Å²) in [4.78, 5) is 26.1. The van der Waals surface area contributed by atoms with E-state index in [4.69, 9.17) is 0 Å². The molecule has 3 aliphatic heterocycles. The van der Waals surface area contributed by atoms with Crippen LogP contribution < -0.4 is 4.90 Å². The molecule has 144 valence electrons. The standard InChI is InChI=1S/C19H22N2O5S/c22-16-9-13-8-15(7-12-3-2-6-21(16)17(12)13)27(25,26)20-10-14-4-1-5-19(14,11-20)18(23)24/h7-8,14H,1-6,9-11H2,(H,23,24)/t14-,19+/m0/s1. The number of hydrogen-bond donors (Lipinski definition) is 1. The number of carboxylic acids is 1. The summed E-state index contributed by atoms with van der Waals surface area (Å²) in [5.41, 5.74) is 1.65. The van der Waals surface area contributed by atoms with Crippen molar-refractivity contribution in [2.75, 3.05) is 24.5 Å². The second-order valence-corrected chi connectivity index (χ2v) is 10.2. The predicted molar refractivity (Wildman–Crippen MR) is 97.0 cm³/mol. The lowest BCUT2D eigenvalue weighted by atomic mass is 9.81. The van der Waals surface area contributed by atoms with E-state index >= 15 is 0 Å². The molecule has 1 aliphatic carbocycles. The Morgan fingerprint density at radius 2 is 2.00 bits per heavy atom. The lowest BCUT2D eigenvalue weighted by molar-refractivity contribution is -0.149. The van der Waals surface area contributed by atoms with Gasteiger partial charge in [-0.2, -0.15) is 4.31 Å². The second kappa shape index (κ2) is 5.54. The van der Waals surface area contributed by atoms with Crippen LogP contribution in [0.5, 0.6) is 0 Å². The molecule has 5 rings (SSSR count). The molecule has 1 saturated heterocycles. The van der Waals surface area contributed by atoms with Crippen LogP contribution in [-0.2, 0) is 32.5 Å². The van der Waals surface area contributed by atoms with Gasteiger partial charge < -0.3 is 10.0 Å². The van der Waals surface area contributed by atoms with Gasteiger partial charge in [0.25, 0.3) is 0 Å². The lowest BCUT2D eigenvalue weighted by Gasteiger charge is -2.27. The van der Waals surface area contributed by atoms with Gasteiger partial charge in [-0.1, -0.05) is 6.42 Å². The molecule has 3 heterocycles. The predicted octanol–water partition coefficient (Wildman–Crippen LogP) is 1.40. The summed E-state index contributed by atoms with van der Waals surface area (Å²) < 4.78 is 28.0. The molecule has 1 amide bonds. The maximum atomic E-state index is 13.3. The summed E-state index contributed by atoms with van der Waals surface area (Å²) in [6, 6.07) is 3.32. The van der Waals surface area contributed by atoms with E-state index in [-0.39, 0.29) is 36.2 Å². The normalized spacial score (nSPS) is 29.9. The van der Waals surface area contributed by atoms with Crippen molar-refractivity contribution < 1.29 is 23.1 Å². The SMILES string of the molecule is O=C1Cc2cc(S(=O)(=O)N3C[C@@H]4CCC[C@@]4(C(=O)O)C3)cc3c2N1CCC3. The fourth-order valence-corrected chi connectivity index (χ4v) is 7.18. The van der Waals surface area contributed by atoms with Crippen molar-refractivity contribution in [2.45, 2.75) is 43.4 Å². The van der Waals surface area contributed by atoms with Crippen molar-refractivity contribution >= 4 is 27.6 Å². The molecule has 0 unspecified atom stereocenters. The largest absolute Gasteiger partial charge is 0.481 e. The van der Waals surface area contributed by atoms with Crippen molar-refractivity contribution in [3.8, 4) is 0 Å². The number of anilines is 1. The number of carbonyl (C=O) groups excluding carboxylic acids is 1. The number of carboxylic acid groups (broad SMARTS) is 1. The topological polar surface area (TPSA) is 95.0 Å². The first kappa shape index (κ1) is 17.2. The Balaban J connectivity index is 1.53. The molecule has 7 nitrogen and oxygen atoms in total. The Bertz CT molecular complexity index is 973. The molecule has 1 aromatic rings. The summed E-state index contributed by atoms with van der Waals surface area (Å²) in [6.07, 6.45) is 3.97. The van der Waals surface area contributed by atoms with Gasteiger partial charge in [-0.15, -0.1) is 0 Å². The number of nitrogens with zero attached hydrogens (tertiary/aromatic N) is 2. The number of aliphatic carboxylic acids is 1. The summed E-state index contributed by atoms with van der Waals surface area (Å²) in [7, 11) is -3.78. The molecule has 2 fully saturated rings. The highest BCUT2D eigenvalue weighted by atomic mass is 32.2. The highest BCUT2D eigenvalue weighted by Crippen LogP contribution is 2.50. The van der Waals surface area contributed by atoms with Crippen molar-refractivity contribution in [3.05, 3.63) is 23.3 Å². The average Bonchev–Trinajstić information content (AvgIpc) is 3.27. The van der Waals surface area contributed by atoms with Gasteiger partial charge in [0.1, 0.15) is 0 Å². The van der Waals surface area contributed by atoms with Crippen LogP contribution in [0.4, 0.5) is 5.69 Å². The Morgan fingerprint density at radius 3 is 2.74 bits per heavy atom. The molecular weight excluding hydrogens is 368 g/mol. The fourth-order valence-electron chi connectivity index (χ4n) is 5.52. The summed E-state index contributed by atoms with van der Waals surface area (Å²) in [5, 5.41) is 9.74. The van der Waals surface area contributed by atoms with E-state index in [1.165, 1.54) is 4.31 Å². The number of fused-ring (bicyclic) bond motifs is 1. The van der Waals surface area contributed by atoms with Crippen molar-refractivity contribution in [1.29, 1.82) is 0 Å². The minimum absolute atomic E-state index is 0.0287. The first-order valence-corrected chi connectivity index (χ1v) is 11.0. The highest BCUT2D eigenvalue weighted by molar-refractivity contribution is 7.89. The molecular formula is C19H22N2O5S. The molecule has 8 heteroatoms. The number of hydrogen-bond acceptors (Lipinski definition) is 4. The molecule has 4 aliphatic rings. The highest BCUT2D eigenvalue weighted by Gasteiger charge is 2.57. The van der Waals surface area contributed by atoms with Gasteiger partial charge in [0.2, 0.25) is 15.9 Å². The Morgan fingerprint density at radius 1 is 1.22 bits per heavy atom. The lowest BCUT2D eigenvalue weighted by Crippen LogP contribution is -2.37. The number of aryl methyl sites for hydroxylation is 1. The zero-order chi connectivity index (χ0) is 19.0. The van der Waals surface area contributed by atoms with Gasteiger partial charge in [-0.05, 0) is 54.9 Å². The van der Waals surface area contributed by atoms with Crippen molar-refractivity contribution in [2.24, 2.45) is 11.3 Å². The molecule has 1 aromatic carbocycles.